The molecule has 0 saturated heterocycles. The van der Waals surface area contributed by atoms with Gasteiger partial charge in [0.1, 0.15) is 12.3 Å². The topological polar surface area (TPSA) is 90.1 Å². The molecule has 0 unspecified atom stereocenters. The minimum absolute atomic E-state index is 0.220. The average Bonchev–Trinajstić information content (AvgIpc) is 2.82. The minimum Gasteiger partial charge on any atom is -0.494 e. The Kier molecular flexibility index (Phi) is 4.44. The Morgan fingerprint density at radius 1 is 1.32 bits per heavy atom. The van der Waals surface area contributed by atoms with Crippen molar-refractivity contribution in [1.82, 2.24) is 20.2 Å². The summed E-state index contributed by atoms with van der Waals surface area (Å²) in [5, 5.41) is 19.6. The van der Waals surface area contributed by atoms with E-state index in [9.17, 15) is 4.79 Å². The summed E-state index contributed by atoms with van der Waals surface area (Å²) in [7, 11) is 0. The number of nitrogens with zero attached hydrogens (tertiary/aromatic N) is 4. The highest BCUT2D eigenvalue weighted by Gasteiger charge is 2.08. The van der Waals surface area contributed by atoms with Crippen molar-refractivity contribution in [2.45, 2.75) is 19.4 Å². The van der Waals surface area contributed by atoms with Gasteiger partial charge in [0.05, 0.1) is 6.61 Å². The van der Waals surface area contributed by atoms with E-state index >= 15 is 0 Å². The molecular formula is C12H14N4O3. The van der Waals surface area contributed by atoms with Gasteiger partial charge in [0.25, 0.3) is 0 Å². The molecule has 2 aromatic rings. The predicted molar refractivity (Wildman–Crippen MR) is 65.7 cm³/mol. The number of aliphatic carboxylic acids is 1. The molecule has 0 radical (unpaired) electrons. The van der Waals surface area contributed by atoms with E-state index in [4.69, 9.17) is 9.84 Å². The van der Waals surface area contributed by atoms with Gasteiger partial charge in [-0.2, -0.15) is 0 Å². The highest BCUT2D eigenvalue weighted by Crippen LogP contribution is 2.09. The van der Waals surface area contributed by atoms with E-state index in [-0.39, 0.29) is 6.54 Å². The van der Waals surface area contributed by atoms with Crippen molar-refractivity contribution in [3.63, 3.8) is 0 Å². The molecule has 0 amide bonds. The lowest BCUT2D eigenvalue weighted by atomic mass is 10.3. The molecule has 100 valence electrons. The second-order valence-corrected chi connectivity index (χ2v) is 3.91. The first-order chi connectivity index (χ1) is 9.25. The molecule has 2 rings (SSSR count). The van der Waals surface area contributed by atoms with Gasteiger partial charge >= 0.3 is 5.97 Å². The van der Waals surface area contributed by atoms with Crippen LogP contribution in [-0.4, -0.2) is 37.9 Å². The van der Waals surface area contributed by atoms with E-state index in [0.717, 1.165) is 12.2 Å². The first kappa shape index (κ1) is 13.0. The van der Waals surface area contributed by atoms with Crippen LogP contribution in [0.5, 0.6) is 5.75 Å². The summed E-state index contributed by atoms with van der Waals surface area (Å²) in [6.45, 7) is 0.311. The van der Waals surface area contributed by atoms with Gasteiger partial charge in [-0.1, -0.05) is 18.2 Å². The molecule has 0 aliphatic rings. The minimum atomic E-state index is -0.964. The molecule has 1 heterocycles. The summed E-state index contributed by atoms with van der Waals surface area (Å²) in [5.41, 5.74) is 0. The van der Waals surface area contributed by atoms with Crippen LogP contribution in [0, 0.1) is 0 Å². The van der Waals surface area contributed by atoms with E-state index in [2.05, 4.69) is 15.5 Å². The van der Waals surface area contributed by atoms with E-state index in [1.165, 1.54) is 4.68 Å². The fraction of sp³-hybridized carbons (Fsp3) is 0.333. The standard InChI is InChI=1S/C12H14N4O3/c17-12(18)9-16-11(13-14-15-16)7-4-8-19-10-5-2-1-3-6-10/h1-3,5-6H,4,7-9H2,(H,17,18). The number of ether oxygens (including phenoxy) is 1. The number of carbonyl (C=O) groups is 1. The fourth-order valence-electron chi connectivity index (χ4n) is 1.59. The van der Waals surface area contributed by atoms with Crippen molar-refractivity contribution in [3.8, 4) is 5.75 Å². The van der Waals surface area contributed by atoms with Crippen LogP contribution >= 0.6 is 0 Å². The third kappa shape index (κ3) is 4.06. The van der Waals surface area contributed by atoms with Crippen molar-refractivity contribution in [2.24, 2.45) is 0 Å². The van der Waals surface area contributed by atoms with E-state index < -0.39 is 5.97 Å². The van der Waals surface area contributed by atoms with Gasteiger partial charge < -0.3 is 9.84 Å². The number of rotatable bonds is 7. The first-order valence-electron chi connectivity index (χ1n) is 5.90. The number of carboxylic acids is 1. The quantitative estimate of drug-likeness (QED) is 0.741. The van der Waals surface area contributed by atoms with E-state index in [1.807, 2.05) is 30.3 Å². The average molecular weight is 262 g/mol. The summed E-state index contributed by atoms with van der Waals surface area (Å²) in [6.07, 6.45) is 1.29. The van der Waals surface area contributed by atoms with Gasteiger partial charge in [0.2, 0.25) is 0 Å². The fourth-order valence-corrected chi connectivity index (χ4v) is 1.59. The highest BCUT2D eigenvalue weighted by atomic mass is 16.5. The van der Waals surface area contributed by atoms with Gasteiger partial charge in [-0.3, -0.25) is 4.79 Å². The third-order valence-corrected chi connectivity index (χ3v) is 2.45. The number of aromatic nitrogens is 4. The largest absolute Gasteiger partial charge is 0.494 e. The zero-order valence-corrected chi connectivity index (χ0v) is 10.3. The van der Waals surface area contributed by atoms with Crippen LogP contribution in [0.2, 0.25) is 0 Å². The number of para-hydroxylation sites is 1. The molecule has 0 aliphatic heterocycles. The molecule has 1 aromatic carbocycles. The number of hydrogen-bond acceptors (Lipinski definition) is 5. The highest BCUT2D eigenvalue weighted by molar-refractivity contribution is 5.66. The van der Waals surface area contributed by atoms with Crippen LogP contribution in [0.3, 0.4) is 0 Å². The van der Waals surface area contributed by atoms with Crippen LogP contribution in [-0.2, 0) is 17.8 Å². The Bertz CT molecular complexity index is 527. The molecule has 1 aromatic heterocycles. The van der Waals surface area contributed by atoms with Crippen LogP contribution in [0.25, 0.3) is 0 Å². The summed E-state index contributed by atoms with van der Waals surface area (Å²) in [5.74, 6) is 0.403. The summed E-state index contributed by atoms with van der Waals surface area (Å²) >= 11 is 0. The first-order valence-corrected chi connectivity index (χ1v) is 5.90. The monoisotopic (exact) mass is 262 g/mol. The van der Waals surface area contributed by atoms with E-state index in [0.29, 0.717) is 18.9 Å². The van der Waals surface area contributed by atoms with Crippen molar-refractivity contribution < 1.29 is 14.6 Å². The van der Waals surface area contributed by atoms with Gasteiger partial charge in [0, 0.05) is 6.42 Å². The number of carboxylic acid groups (broad SMARTS) is 1. The number of benzene rings is 1. The maximum atomic E-state index is 10.6. The molecule has 1 N–H and O–H groups in total. The van der Waals surface area contributed by atoms with Crippen LogP contribution in [0.15, 0.2) is 30.3 Å². The van der Waals surface area contributed by atoms with Gasteiger partial charge in [-0.25, -0.2) is 4.68 Å². The second-order valence-electron chi connectivity index (χ2n) is 3.91. The zero-order chi connectivity index (χ0) is 13.5. The molecule has 7 heteroatoms. The van der Waals surface area contributed by atoms with Crippen molar-refractivity contribution >= 4 is 5.97 Å². The van der Waals surface area contributed by atoms with E-state index in [1.54, 1.807) is 0 Å². The summed E-state index contributed by atoms with van der Waals surface area (Å²) < 4.78 is 6.81. The maximum Gasteiger partial charge on any atom is 0.325 e. The van der Waals surface area contributed by atoms with Gasteiger partial charge in [-0.05, 0) is 29.0 Å². The van der Waals surface area contributed by atoms with Crippen molar-refractivity contribution in [1.29, 1.82) is 0 Å². The molecule has 0 spiro atoms. The Morgan fingerprint density at radius 3 is 2.84 bits per heavy atom. The number of hydrogen-bond donors (Lipinski definition) is 1. The Hall–Kier alpha value is -2.44. The number of tetrazole rings is 1. The molecule has 7 nitrogen and oxygen atoms in total. The molecule has 0 atom stereocenters. The molecule has 0 bridgehead atoms. The van der Waals surface area contributed by atoms with Gasteiger partial charge in [0.15, 0.2) is 5.82 Å². The third-order valence-electron chi connectivity index (χ3n) is 2.45. The lowest BCUT2D eigenvalue weighted by Crippen LogP contribution is -2.14. The Labute approximate surface area is 109 Å². The summed E-state index contributed by atoms with van der Waals surface area (Å²) in [4.78, 5) is 10.6. The maximum absolute atomic E-state index is 10.6. The lowest BCUT2D eigenvalue weighted by molar-refractivity contribution is -0.138. The molecule has 19 heavy (non-hydrogen) atoms. The smallest absolute Gasteiger partial charge is 0.325 e. The second kappa shape index (κ2) is 6.48. The molecule has 0 saturated carbocycles. The SMILES string of the molecule is O=C(O)Cn1nnnc1CCCOc1ccccc1. The van der Waals surface area contributed by atoms with Crippen molar-refractivity contribution in [2.75, 3.05) is 6.61 Å². The van der Waals surface area contributed by atoms with Gasteiger partial charge in [-0.15, -0.1) is 5.10 Å². The Balaban J connectivity index is 1.77. The molecule has 0 aliphatic carbocycles. The van der Waals surface area contributed by atoms with Crippen molar-refractivity contribution in [3.05, 3.63) is 36.2 Å². The van der Waals surface area contributed by atoms with Crippen LogP contribution < -0.4 is 4.74 Å². The van der Waals surface area contributed by atoms with Crippen LogP contribution in [0.4, 0.5) is 0 Å². The summed E-state index contributed by atoms with van der Waals surface area (Å²) in [6, 6.07) is 9.50. The number of aryl methyl sites for hydroxylation is 1. The lowest BCUT2D eigenvalue weighted by Gasteiger charge is -2.05. The van der Waals surface area contributed by atoms with Crippen LogP contribution in [0.1, 0.15) is 12.2 Å². The Morgan fingerprint density at radius 2 is 2.11 bits per heavy atom. The normalized spacial score (nSPS) is 10.3. The molecular weight excluding hydrogens is 248 g/mol. The zero-order valence-electron chi connectivity index (χ0n) is 10.3. The molecule has 0 fully saturated rings. The predicted octanol–water partition coefficient (Wildman–Crippen LogP) is 0.769.